The van der Waals surface area contributed by atoms with Crippen molar-refractivity contribution in [1.82, 2.24) is 0 Å². The highest BCUT2D eigenvalue weighted by molar-refractivity contribution is 5.84. The van der Waals surface area contributed by atoms with E-state index < -0.39 is 5.91 Å². The van der Waals surface area contributed by atoms with Crippen LogP contribution in [0.4, 0.5) is 0 Å². The Labute approximate surface area is 147 Å². The zero-order chi connectivity index (χ0) is 17.8. The summed E-state index contributed by atoms with van der Waals surface area (Å²) in [5.74, 6) is 0.0660. The van der Waals surface area contributed by atoms with Gasteiger partial charge >= 0.3 is 5.63 Å². The normalized spacial score (nSPS) is 13.2. The Morgan fingerprint density at radius 2 is 2.00 bits per heavy atom. The van der Waals surface area contributed by atoms with Crippen molar-refractivity contribution in [2.75, 3.05) is 6.61 Å². The minimum atomic E-state index is -0.521. The number of ether oxygens (including phenoxy) is 1. The van der Waals surface area contributed by atoms with Crippen molar-refractivity contribution in [2.45, 2.75) is 58.3 Å². The van der Waals surface area contributed by atoms with Crippen LogP contribution in [0.1, 0.15) is 55.7 Å². The van der Waals surface area contributed by atoms with Gasteiger partial charge < -0.3 is 14.9 Å². The molecule has 1 amide bonds. The third-order valence-electron chi connectivity index (χ3n) is 4.82. The maximum atomic E-state index is 12.1. The number of primary amides is 1. The summed E-state index contributed by atoms with van der Waals surface area (Å²) in [7, 11) is 0. The minimum absolute atomic E-state index is 0.178. The van der Waals surface area contributed by atoms with E-state index in [9.17, 15) is 9.59 Å². The second kappa shape index (κ2) is 7.72. The van der Waals surface area contributed by atoms with Crippen LogP contribution in [0, 0.1) is 0 Å². The highest BCUT2D eigenvalue weighted by Crippen LogP contribution is 2.33. The van der Waals surface area contributed by atoms with Crippen molar-refractivity contribution in [3.05, 3.63) is 39.2 Å². The van der Waals surface area contributed by atoms with E-state index in [1.165, 1.54) is 12.8 Å². The smallest absolute Gasteiger partial charge is 0.339 e. The number of carbonyl (C=O) groups excluding carboxylic acids is 1. The van der Waals surface area contributed by atoms with E-state index in [0.29, 0.717) is 11.3 Å². The molecule has 25 heavy (non-hydrogen) atoms. The number of nitrogens with two attached hydrogens (primary N) is 1. The fraction of sp³-hybridized carbons (Fsp3) is 0.500. The quantitative estimate of drug-likeness (QED) is 0.589. The van der Waals surface area contributed by atoms with Crippen molar-refractivity contribution in [3.63, 3.8) is 0 Å². The fourth-order valence-electron chi connectivity index (χ4n) is 3.57. The van der Waals surface area contributed by atoms with Crippen molar-refractivity contribution in [2.24, 2.45) is 5.73 Å². The van der Waals surface area contributed by atoms with Gasteiger partial charge in [0.05, 0.1) is 0 Å². The van der Waals surface area contributed by atoms with Crippen LogP contribution in [-0.2, 0) is 24.1 Å². The Hall–Kier alpha value is -2.30. The molecule has 0 atom stereocenters. The summed E-state index contributed by atoms with van der Waals surface area (Å²) >= 11 is 0. The molecule has 0 bridgehead atoms. The van der Waals surface area contributed by atoms with Crippen LogP contribution in [0.5, 0.6) is 5.75 Å². The first kappa shape index (κ1) is 17.5. The monoisotopic (exact) mass is 343 g/mol. The van der Waals surface area contributed by atoms with E-state index in [1.807, 2.05) is 0 Å². The largest absolute Gasteiger partial charge is 0.483 e. The van der Waals surface area contributed by atoms with E-state index in [2.05, 4.69) is 13.0 Å². The van der Waals surface area contributed by atoms with Gasteiger partial charge in [-0.05, 0) is 49.3 Å². The molecule has 1 aromatic carbocycles. The van der Waals surface area contributed by atoms with Gasteiger partial charge in [0, 0.05) is 17.0 Å². The molecule has 1 heterocycles. The Balaban J connectivity index is 1.99. The molecule has 1 aliphatic carbocycles. The number of hydrogen-bond acceptors (Lipinski definition) is 4. The lowest BCUT2D eigenvalue weighted by molar-refractivity contribution is -0.119. The maximum Gasteiger partial charge on any atom is 0.339 e. The Morgan fingerprint density at radius 3 is 2.76 bits per heavy atom. The lowest BCUT2D eigenvalue weighted by Gasteiger charge is -2.13. The number of amides is 1. The number of unbranched alkanes of at least 4 members (excludes halogenated alkanes) is 3. The van der Waals surface area contributed by atoms with Gasteiger partial charge in [0.1, 0.15) is 11.3 Å². The molecule has 3 rings (SSSR count). The average Bonchev–Trinajstić information content (AvgIpc) is 3.07. The molecule has 0 radical (unpaired) electrons. The van der Waals surface area contributed by atoms with Gasteiger partial charge in [-0.2, -0.15) is 0 Å². The summed E-state index contributed by atoms with van der Waals surface area (Å²) < 4.78 is 11.1. The SMILES string of the molecule is CCCCCCc1cc2c3c(c(=O)oc2cc1OCC(N)=O)CCC3. The first-order chi connectivity index (χ1) is 12.1. The summed E-state index contributed by atoms with van der Waals surface area (Å²) in [6.07, 6.45) is 8.17. The summed E-state index contributed by atoms with van der Waals surface area (Å²) in [4.78, 5) is 23.2. The Bertz CT molecular complexity index is 838. The highest BCUT2D eigenvalue weighted by atomic mass is 16.5. The lowest BCUT2D eigenvalue weighted by Crippen LogP contribution is -2.20. The second-order valence-electron chi connectivity index (χ2n) is 6.72. The molecule has 0 spiro atoms. The first-order valence-corrected chi connectivity index (χ1v) is 9.12. The number of benzene rings is 1. The number of rotatable bonds is 8. The molecule has 5 heteroatoms. The van der Waals surface area contributed by atoms with Crippen LogP contribution < -0.4 is 16.1 Å². The second-order valence-corrected chi connectivity index (χ2v) is 6.72. The molecule has 0 unspecified atom stereocenters. The average molecular weight is 343 g/mol. The molecule has 0 fully saturated rings. The highest BCUT2D eigenvalue weighted by Gasteiger charge is 2.21. The van der Waals surface area contributed by atoms with E-state index in [4.69, 9.17) is 14.9 Å². The summed E-state index contributed by atoms with van der Waals surface area (Å²) in [5, 5.41) is 1.00. The minimum Gasteiger partial charge on any atom is -0.483 e. The molecule has 0 saturated carbocycles. The van der Waals surface area contributed by atoms with Crippen molar-refractivity contribution >= 4 is 16.9 Å². The van der Waals surface area contributed by atoms with Crippen LogP contribution >= 0.6 is 0 Å². The van der Waals surface area contributed by atoms with Crippen LogP contribution in [0.15, 0.2) is 21.3 Å². The molecule has 0 aliphatic heterocycles. The van der Waals surface area contributed by atoms with E-state index in [1.54, 1.807) is 6.07 Å². The van der Waals surface area contributed by atoms with Crippen LogP contribution in [0.3, 0.4) is 0 Å². The summed E-state index contributed by atoms with van der Waals surface area (Å²) in [5.41, 5.74) is 8.46. The molecule has 1 aromatic heterocycles. The van der Waals surface area contributed by atoms with Gasteiger partial charge in [0.25, 0.3) is 5.91 Å². The predicted octanol–water partition coefficient (Wildman–Crippen LogP) is 3.27. The van der Waals surface area contributed by atoms with E-state index >= 15 is 0 Å². The fourth-order valence-corrected chi connectivity index (χ4v) is 3.57. The van der Waals surface area contributed by atoms with Gasteiger partial charge in [-0.15, -0.1) is 0 Å². The van der Waals surface area contributed by atoms with E-state index in [0.717, 1.165) is 60.6 Å². The van der Waals surface area contributed by atoms with Crippen LogP contribution in [0.2, 0.25) is 0 Å². The van der Waals surface area contributed by atoms with Gasteiger partial charge in [-0.1, -0.05) is 26.2 Å². The van der Waals surface area contributed by atoms with Crippen LogP contribution in [-0.4, -0.2) is 12.5 Å². The summed E-state index contributed by atoms with van der Waals surface area (Å²) in [6, 6.07) is 3.82. The molecule has 2 N–H and O–H groups in total. The molecule has 134 valence electrons. The number of fused-ring (bicyclic) bond motifs is 3. The van der Waals surface area contributed by atoms with Gasteiger partial charge in [0.15, 0.2) is 6.61 Å². The Kier molecular flexibility index (Phi) is 5.41. The van der Waals surface area contributed by atoms with Gasteiger partial charge in [-0.3, -0.25) is 4.79 Å². The Morgan fingerprint density at radius 1 is 1.20 bits per heavy atom. The predicted molar refractivity (Wildman–Crippen MR) is 97.0 cm³/mol. The molecular weight excluding hydrogens is 318 g/mol. The number of aryl methyl sites for hydroxylation is 2. The van der Waals surface area contributed by atoms with Crippen molar-refractivity contribution < 1.29 is 13.9 Å². The summed E-state index contributed by atoms with van der Waals surface area (Å²) in [6.45, 7) is 2.01. The molecule has 5 nitrogen and oxygen atoms in total. The third kappa shape index (κ3) is 3.86. The van der Waals surface area contributed by atoms with Crippen LogP contribution in [0.25, 0.3) is 11.0 Å². The lowest BCUT2D eigenvalue weighted by atomic mass is 10.00. The zero-order valence-corrected chi connectivity index (χ0v) is 14.7. The molecular formula is C20H25NO4. The number of carbonyl (C=O) groups is 1. The van der Waals surface area contributed by atoms with Gasteiger partial charge in [-0.25, -0.2) is 4.79 Å². The van der Waals surface area contributed by atoms with Crippen molar-refractivity contribution in [3.8, 4) is 5.75 Å². The topological polar surface area (TPSA) is 82.5 Å². The third-order valence-corrected chi connectivity index (χ3v) is 4.82. The standard InChI is InChI=1S/C20H25NO4/c1-2-3-4-5-7-13-10-16-14-8-6-9-15(14)20(23)25-18(16)11-17(13)24-12-19(21)22/h10-11H,2-9,12H2,1H3,(H2,21,22). The van der Waals surface area contributed by atoms with Crippen molar-refractivity contribution in [1.29, 1.82) is 0 Å². The first-order valence-electron chi connectivity index (χ1n) is 9.12. The zero-order valence-electron chi connectivity index (χ0n) is 14.7. The van der Waals surface area contributed by atoms with Gasteiger partial charge in [0.2, 0.25) is 0 Å². The molecule has 2 aromatic rings. The van der Waals surface area contributed by atoms with E-state index in [-0.39, 0.29) is 12.2 Å². The number of hydrogen-bond donors (Lipinski definition) is 1. The maximum absolute atomic E-state index is 12.1. The molecule has 1 aliphatic rings. The molecule has 0 saturated heterocycles.